The number of carboxylic acids is 1. The summed E-state index contributed by atoms with van der Waals surface area (Å²) in [6.07, 6.45) is 1.47. The van der Waals surface area contributed by atoms with E-state index < -0.39 is 35.6 Å². The van der Waals surface area contributed by atoms with Crippen molar-refractivity contribution in [1.29, 1.82) is 0 Å². The lowest BCUT2D eigenvalue weighted by Crippen LogP contribution is -2.54. The van der Waals surface area contributed by atoms with Crippen LogP contribution in [0.25, 0.3) is 22.2 Å². The number of likely N-dealkylation sites (tertiary alicyclic amines) is 1. The first-order valence-corrected chi connectivity index (χ1v) is 13.2. The molecule has 10 heteroatoms. The number of hydrogen-bond acceptors (Lipinski definition) is 6. The molecule has 4 atom stereocenters. The van der Waals surface area contributed by atoms with E-state index in [9.17, 15) is 19.5 Å². The van der Waals surface area contributed by atoms with E-state index in [0.29, 0.717) is 29.3 Å². The van der Waals surface area contributed by atoms with Gasteiger partial charge in [-0.15, -0.1) is 6.58 Å². The van der Waals surface area contributed by atoms with Gasteiger partial charge in [0, 0.05) is 42.0 Å². The van der Waals surface area contributed by atoms with Crippen LogP contribution in [0.3, 0.4) is 0 Å². The van der Waals surface area contributed by atoms with Gasteiger partial charge in [-0.3, -0.25) is 4.79 Å². The standard InChI is InChI=1S/C30H32N4O6/c1-4-19-16-30(19,28(36)37)33-27(35)25-14-21(17-34(25)29(38)31-5-2)40-26-15-23(18-9-7-6-8-10-18)32-24-13-20(39-3)11-12-22(24)26/h4,6-13,15,19,21,25H,1,5,14,16-17H2,2-3H3,(H,31,38)(H,33,35)(H,36,37). The second-order valence-electron chi connectivity index (χ2n) is 10.0. The first kappa shape index (κ1) is 27.0. The van der Waals surface area contributed by atoms with Crippen molar-refractivity contribution < 1.29 is 29.0 Å². The lowest BCUT2D eigenvalue weighted by Gasteiger charge is -2.25. The van der Waals surface area contributed by atoms with Gasteiger partial charge < -0.3 is 30.1 Å². The van der Waals surface area contributed by atoms with Gasteiger partial charge in [0.15, 0.2) is 0 Å². The van der Waals surface area contributed by atoms with Crippen LogP contribution in [0, 0.1) is 5.92 Å². The molecule has 3 amide bonds. The monoisotopic (exact) mass is 544 g/mol. The number of methoxy groups -OCH3 is 1. The fourth-order valence-electron chi connectivity index (χ4n) is 5.26. The molecule has 2 aliphatic rings. The molecular formula is C30H32N4O6. The molecule has 40 heavy (non-hydrogen) atoms. The first-order valence-electron chi connectivity index (χ1n) is 13.2. The van der Waals surface area contributed by atoms with Crippen molar-refractivity contribution in [3.05, 3.63) is 67.3 Å². The number of carboxylic acid groups (broad SMARTS) is 1. The maximum atomic E-state index is 13.4. The molecule has 0 radical (unpaired) electrons. The van der Waals surface area contributed by atoms with Crippen LogP contribution >= 0.6 is 0 Å². The molecule has 1 aromatic heterocycles. The second-order valence-corrected chi connectivity index (χ2v) is 10.0. The normalized spacial score (nSPS) is 23.4. The SMILES string of the molecule is C=CC1CC1(NC(=O)C1CC(Oc2cc(-c3ccccc3)nc3cc(OC)ccc23)CN1C(=O)NCC)C(=O)O. The van der Waals surface area contributed by atoms with Gasteiger partial charge in [0.2, 0.25) is 5.91 Å². The van der Waals surface area contributed by atoms with E-state index in [0.717, 1.165) is 10.9 Å². The van der Waals surface area contributed by atoms with Gasteiger partial charge in [0.25, 0.3) is 0 Å². The third kappa shape index (κ3) is 5.04. The van der Waals surface area contributed by atoms with E-state index in [2.05, 4.69) is 17.2 Å². The van der Waals surface area contributed by atoms with Crippen LogP contribution in [0.2, 0.25) is 0 Å². The summed E-state index contributed by atoms with van der Waals surface area (Å²) in [4.78, 5) is 44.5. The fraction of sp³-hybridized carbons (Fsp3) is 0.333. The van der Waals surface area contributed by atoms with Crippen LogP contribution in [0.15, 0.2) is 67.3 Å². The number of aromatic nitrogens is 1. The molecule has 4 unspecified atom stereocenters. The molecule has 2 heterocycles. The maximum Gasteiger partial charge on any atom is 0.330 e. The Hall–Kier alpha value is -4.60. The number of amides is 3. The summed E-state index contributed by atoms with van der Waals surface area (Å²) in [6, 6.07) is 15.8. The highest BCUT2D eigenvalue weighted by atomic mass is 16.5. The minimum Gasteiger partial charge on any atom is -0.497 e. The van der Waals surface area contributed by atoms with Crippen LogP contribution < -0.4 is 20.1 Å². The van der Waals surface area contributed by atoms with Crippen LogP contribution in [0.5, 0.6) is 11.5 Å². The van der Waals surface area contributed by atoms with Crippen molar-refractivity contribution in [3.8, 4) is 22.8 Å². The first-order chi connectivity index (χ1) is 19.3. The molecule has 1 saturated heterocycles. The molecule has 5 rings (SSSR count). The summed E-state index contributed by atoms with van der Waals surface area (Å²) in [5.41, 5.74) is 0.896. The molecule has 3 aromatic rings. The molecule has 1 aliphatic carbocycles. The molecule has 0 bridgehead atoms. The number of nitrogens with zero attached hydrogens (tertiary/aromatic N) is 2. The molecule has 2 aromatic carbocycles. The van der Waals surface area contributed by atoms with E-state index >= 15 is 0 Å². The number of pyridine rings is 1. The molecular weight excluding hydrogens is 512 g/mol. The number of carbonyl (C=O) groups is 3. The predicted octanol–water partition coefficient (Wildman–Crippen LogP) is 3.61. The average molecular weight is 545 g/mol. The lowest BCUT2D eigenvalue weighted by molar-refractivity contribution is -0.144. The summed E-state index contributed by atoms with van der Waals surface area (Å²) in [6.45, 7) is 5.99. The number of rotatable bonds is 9. The van der Waals surface area contributed by atoms with Crippen molar-refractivity contribution in [1.82, 2.24) is 20.5 Å². The fourth-order valence-corrected chi connectivity index (χ4v) is 5.26. The Morgan fingerprint density at radius 3 is 2.62 bits per heavy atom. The molecule has 0 spiro atoms. The van der Waals surface area contributed by atoms with Crippen LogP contribution in [0.4, 0.5) is 4.79 Å². The zero-order chi connectivity index (χ0) is 28.4. The molecule has 2 fully saturated rings. The van der Waals surface area contributed by atoms with Gasteiger partial charge in [-0.1, -0.05) is 36.4 Å². The van der Waals surface area contributed by atoms with E-state index in [4.69, 9.17) is 14.5 Å². The molecule has 1 aliphatic heterocycles. The summed E-state index contributed by atoms with van der Waals surface area (Å²) >= 11 is 0. The van der Waals surface area contributed by atoms with Crippen molar-refractivity contribution in [2.75, 3.05) is 20.2 Å². The Labute approximate surface area is 232 Å². The van der Waals surface area contributed by atoms with Crippen molar-refractivity contribution in [2.45, 2.75) is 37.5 Å². The number of hydrogen-bond donors (Lipinski definition) is 3. The minimum atomic E-state index is -1.39. The zero-order valence-electron chi connectivity index (χ0n) is 22.4. The van der Waals surface area contributed by atoms with Gasteiger partial charge in [0.1, 0.15) is 29.2 Å². The van der Waals surface area contributed by atoms with Gasteiger partial charge in [0.05, 0.1) is 24.9 Å². The average Bonchev–Trinajstić information content (AvgIpc) is 3.52. The Balaban J connectivity index is 1.45. The Morgan fingerprint density at radius 1 is 1.20 bits per heavy atom. The Bertz CT molecular complexity index is 1460. The zero-order valence-corrected chi connectivity index (χ0v) is 22.4. The number of urea groups is 1. The quantitative estimate of drug-likeness (QED) is 0.351. The Morgan fingerprint density at radius 2 is 1.98 bits per heavy atom. The number of fused-ring (bicyclic) bond motifs is 1. The minimum absolute atomic E-state index is 0.148. The van der Waals surface area contributed by atoms with Crippen molar-refractivity contribution >= 4 is 28.8 Å². The molecule has 208 valence electrons. The summed E-state index contributed by atoms with van der Waals surface area (Å²) in [5, 5.41) is 16.0. The van der Waals surface area contributed by atoms with Gasteiger partial charge in [-0.05, 0) is 25.5 Å². The maximum absolute atomic E-state index is 13.4. The van der Waals surface area contributed by atoms with Crippen LogP contribution in [-0.4, -0.2) is 70.8 Å². The predicted molar refractivity (Wildman–Crippen MR) is 149 cm³/mol. The smallest absolute Gasteiger partial charge is 0.330 e. The van der Waals surface area contributed by atoms with Crippen molar-refractivity contribution in [2.24, 2.45) is 5.92 Å². The van der Waals surface area contributed by atoms with Crippen LogP contribution in [0.1, 0.15) is 19.8 Å². The second kappa shape index (κ2) is 10.9. The molecule has 3 N–H and O–H groups in total. The summed E-state index contributed by atoms with van der Waals surface area (Å²) in [5.74, 6) is -0.797. The van der Waals surface area contributed by atoms with Crippen LogP contribution in [-0.2, 0) is 9.59 Å². The number of benzene rings is 2. The number of aliphatic carboxylic acids is 1. The lowest BCUT2D eigenvalue weighted by atomic mass is 10.1. The van der Waals surface area contributed by atoms with E-state index in [-0.39, 0.29) is 25.3 Å². The summed E-state index contributed by atoms with van der Waals surface area (Å²) in [7, 11) is 1.59. The number of ether oxygens (including phenoxy) is 2. The van der Waals surface area contributed by atoms with E-state index in [1.54, 1.807) is 14.0 Å². The molecule has 10 nitrogen and oxygen atoms in total. The number of carbonyl (C=O) groups excluding carboxylic acids is 2. The van der Waals surface area contributed by atoms with E-state index in [1.807, 2.05) is 54.6 Å². The number of nitrogens with one attached hydrogen (secondary N) is 2. The summed E-state index contributed by atoms with van der Waals surface area (Å²) < 4.78 is 11.9. The highest BCUT2D eigenvalue weighted by Crippen LogP contribution is 2.45. The third-order valence-electron chi connectivity index (χ3n) is 7.52. The largest absolute Gasteiger partial charge is 0.497 e. The topological polar surface area (TPSA) is 130 Å². The van der Waals surface area contributed by atoms with Gasteiger partial charge >= 0.3 is 12.0 Å². The third-order valence-corrected chi connectivity index (χ3v) is 7.52. The highest BCUT2D eigenvalue weighted by molar-refractivity contribution is 5.95. The van der Waals surface area contributed by atoms with E-state index in [1.165, 1.54) is 11.0 Å². The Kier molecular flexibility index (Phi) is 7.34. The highest BCUT2D eigenvalue weighted by Gasteiger charge is 2.61. The van der Waals surface area contributed by atoms with Gasteiger partial charge in [-0.25, -0.2) is 14.6 Å². The molecule has 1 saturated carbocycles. The van der Waals surface area contributed by atoms with Gasteiger partial charge in [-0.2, -0.15) is 0 Å². The van der Waals surface area contributed by atoms with Crippen molar-refractivity contribution in [3.63, 3.8) is 0 Å².